The van der Waals surface area contributed by atoms with E-state index in [0.717, 1.165) is 4.88 Å². The van der Waals surface area contributed by atoms with E-state index in [4.69, 9.17) is 4.65 Å². The van der Waals surface area contributed by atoms with Gasteiger partial charge < -0.3 is 20.0 Å². The molecule has 1 fully saturated rings. The van der Waals surface area contributed by atoms with Crippen molar-refractivity contribution in [1.82, 2.24) is 10.2 Å². The van der Waals surface area contributed by atoms with Crippen LogP contribution in [0.15, 0.2) is 28.5 Å². The molecule has 126 valence electrons. The first-order valence-corrected chi connectivity index (χ1v) is 9.06. The molecule has 0 aliphatic carbocycles. The number of fused-ring (bicyclic) bond motifs is 1. The zero-order chi connectivity index (χ0) is 17.3. The van der Waals surface area contributed by atoms with E-state index in [9.17, 15) is 19.5 Å². The second-order valence-electron chi connectivity index (χ2n) is 5.35. The number of aliphatic hydroxyl groups is 1. The molecule has 2 amide bonds. The molecule has 1 aromatic heterocycles. The van der Waals surface area contributed by atoms with E-state index in [0.29, 0.717) is 5.57 Å². The summed E-state index contributed by atoms with van der Waals surface area (Å²) in [5.41, 5.74) is 0.416. The normalized spacial score (nSPS) is 25.4. The highest BCUT2D eigenvalue weighted by Crippen LogP contribution is 2.40. The van der Waals surface area contributed by atoms with Crippen LogP contribution in [0, 0.1) is 0 Å². The van der Waals surface area contributed by atoms with E-state index in [1.807, 2.05) is 17.5 Å². The molecule has 0 radical (unpaired) electrons. The van der Waals surface area contributed by atoms with Gasteiger partial charge in [-0.1, -0.05) is 6.07 Å². The van der Waals surface area contributed by atoms with Gasteiger partial charge in [0.25, 0.3) is 0 Å². The number of nitrogens with one attached hydrogen (secondary N) is 1. The maximum absolute atomic E-state index is 12.4. The van der Waals surface area contributed by atoms with E-state index in [1.165, 1.54) is 36.0 Å². The lowest BCUT2D eigenvalue weighted by molar-refractivity contribution is -0.159. The van der Waals surface area contributed by atoms with Gasteiger partial charge in [-0.2, -0.15) is 0 Å². The van der Waals surface area contributed by atoms with Gasteiger partial charge in [0.15, 0.2) is 6.04 Å². The van der Waals surface area contributed by atoms with Crippen LogP contribution in [-0.4, -0.2) is 59.9 Å². The third kappa shape index (κ3) is 2.96. The van der Waals surface area contributed by atoms with Crippen molar-refractivity contribution in [3.8, 4) is 0 Å². The van der Waals surface area contributed by atoms with Gasteiger partial charge in [0.05, 0.1) is 13.0 Å². The minimum atomic E-state index is -0.927. The van der Waals surface area contributed by atoms with Crippen LogP contribution >= 0.6 is 23.1 Å². The Kier molecular flexibility index (Phi) is 4.97. The van der Waals surface area contributed by atoms with E-state index >= 15 is 0 Å². The number of nitrogens with zero attached hydrogens (tertiary/aromatic N) is 1. The van der Waals surface area contributed by atoms with Crippen molar-refractivity contribution in [2.75, 3.05) is 6.61 Å². The highest BCUT2D eigenvalue weighted by atomic mass is 32.2. The van der Waals surface area contributed by atoms with Gasteiger partial charge in [-0.3, -0.25) is 14.4 Å². The Morgan fingerprint density at radius 1 is 1.46 bits per heavy atom. The Balaban J connectivity index is 1.69. The van der Waals surface area contributed by atoms with Crippen LogP contribution < -0.4 is 5.32 Å². The molecule has 1 saturated heterocycles. The molecule has 2 N–H and O–H groups in total. The van der Waals surface area contributed by atoms with Gasteiger partial charge in [0.2, 0.25) is 11.8 Å². The summed E-state index contributed by atoms with van der Waals surface area (Å²) in [6, 6.07) is 2.12. The molecule has 3 atom stereocenters. The summed E-state index contributed by atoms with van der Waals surface area (Å²) in [6.45, 7) is -0.335. The van der Waals surface area contributed by atoms with E-state index in [1.54, 1.807) is 5.41 Å². The number of thioether (sulfide) groups is 1. The Morgan fingerprint density at radius 2 is 2.25 bits per heavy atom. The van der Waals surface area contributed by atoms with E-state index in [2.05, 4.69) is 5.32 Å². The number of carbonyl (C=O) groups is 3. The molecule has 3 heterocycles. The number of amides is 2. The standard InChI is InChI=1S/C14H15BN2O5S2/c15-22-14(21)11-7(5-18)6-24-13-10(12(20)17(11)13)16-9(19)4-8-2-1-3-23-8/h1-3,6,10-11,13,18H,4-5,15H2,(H,16,19)/t10-,11-,13-/m1/s1. The summed E-state index contributed by atoms with van der Waals surface area (Å²) in [7, 11) is 1.23. The first-order chi connectivity index (χ1) is 11.6. The van der Waals surface area contributed by atoms with E-state index in [-0.39, 0.29) is 30.2 Å². The monoisotopic (exact) mass is 366 g/mol. The zero-order valence-electron chi connectivity index (χ0n) is 12.8. The summed E-state index contributed by atoms with van der Waals surface area (Å²) >= 11 is 2.78. The van der Waals surface area contributed by atoms with Crippen molar-refractivity contribution in [1.29, 1.82) is 0 Å². The molecule has 10 heteroatoms. The Morgan fingerprint density at radius 3 is 2.88 bits per heavy atom. The maximum Gasteiger partial charge on any atom is 0.326 e. The summed E-state index contributed by atoms with van der Waals surface area (Å²) < 4.78 is 4.73. The summed E-state index contributed by atoms with van der Waals surface area (Å²) in [5, 5.41) is 15.3. The lowest BCUT2D eigenvalue weighted by Gasteiger charge is -2.51. The second-order valence-corrected chi connectivity index (χ2v) is 7.37. The number of hydrogen-bond acceptors (Lipinski definition) is 7. The van der Waals surface area contributed by atoms with Gasteiger partial charge in [-0.05, 0) is 22.4 Å². The lowest BCUT2D eigenvalue weighted by Crippen LogP contribution is -2.74. The average molecular weight is 366 g/mol. The first kappa shape index (κ1) is 17.1. The van der Waals surface area contributed by atoms with Crippen LogP contribution in [0.1, 0.15) is 4.88 Å². The largest absolute Gasteiger partial charge is 0.542 e. The molecule has 0 aromatic carbocycles. The van der Waals surface area contributed by atoms with Crippen LogP contribution in [0.5, 0.6) is 0 Å². The molecule has 0 bridgehead atoms. The number of carbonyl (C=O) groups excluding carboxylic acids is 3. The van der Waals surface area contributed by atoms with Crippen LogP contribution in [0.2, 0.25) is 0 Å². The summed E-state index contributed by atoms with van der Waals surface area (Å²) in [6.07, 6.45) is 0.219. The van der Waals surface area contributed by atoms with Gasteiger partial charge in [0, 0.05) is 4.88 Å². The number of aliphatic hydroxyl groups excluding tert-OH is 1. The van der Waals surface area contributed by atoms with Crippen molar-refractivity contribution in [3.63, 3.8) is 0 Å². The SMILES string of the molecule is BOC(=O)[C@H]1C(CO)=CS[C@@H]2[C@H](NC(=O)Cc3cccs3)C(=O)N12. The van der Waals surface area contributed by atoms with Crippen LogP contribution in [-0.2, 0) is 25.5 Å². The second kappa shape index (κ2) is 7.00. The van der Waals surface area contributed by atoms with Crippen molar-refractivity contribution < 1.29 is 24.1 Å². The van der Waals surface area contributed by atoms with Crippen molar-refractivity contribution in [2.24, 2.45) is 0 Å². The van der Waals surface area contributed by atoms with Gasteiger partial charge in [0.1, 0.15) is 11.4 Å². The highest BCUT2D eigenvalue weighted by molar-refractivity contribution is 8.02. The minimum absolute atomic E-state index is 0.219. The number of rotatable bonds is 5. The van der Waals surface area contributed by atoms with Crippen molar-refractivity contribution in [3.05, 3.63) is 33.4 Å². The third-order valence-electron chi connectivity index (χ3n) is 3.91. The minimum Gasteiger partial charge on any atom is -0.542 e. The molecule has 0 saturated carbocycles. The molecular formula is C14H15BN2O5S2. The predicted molar refractivity (Wildman–Crippen MR) is 91.8 cm³/mol. The average Bonchev–Trinajstić information content (AvgIpc) is 3.10. The van der Waals surface area contributed by atoms with Crippen molar-refractivity contribution >= 4 is 48.9 Å². The molecule has 0 spiro atoms. The molecule has 1 aromatic rings. The Hall–Kier alpha value is -1.78. The zero-order valence-corrected chi connectivity index (χ0v) is 14.4. The van der Waals surface area contributed by atoms with Crippen LogP contribution in [0.25, 0.3) is 0 Å². The lowest BCUT2D eigenvalue weighted by atomic mass is 9.98. The third-order valence-corrected chi connectivity index (χ3v) is 6.00. The molecular weight excluding hydrogens is 351 g/mol. The van der Waals surface area contributed by atoms with Crippen molar-refractivity contribution in [2.45, 2.75) is 23.9 Å². The molecule has 0 unspecified atom stereocenters. The van der Waals surface area contributed by atoms with Crippen LogP contribution in [0.3, 0.4) is 0 Å². The van der Waals surface area contributed by atoms with Crippen LogP contribution in [0.4, 0.5) is 0 Å². The van der Waals surface area contributed by atoms with Gasteiger partial charge >= 0.3 is 14.0 Å². The molecule has 3 rings (SSSR count). The Labute approximate surface area is 147 Å². The smallest absolute Gasteiger partial charge is 0.326 e. The maximum atomic E-state index is 12.4. The topological polar surface area (TPSA) is 95.9 Å². The first-order valence-electron chi connectivity index (χ1n) is 7.23. The fourth-order valence-corrected chi connectivity index (χ4v) is 4.65. The molecule has 2 aliphatic heterocycles. The highest BCUT2D eigenvalue weighted by Gasteiger charge is 2.55. The Bertz CT molecular complexity index is 693. The fourth-order valence-electron chi connectivity index (χ4n) is 2.73. The fraction of sp³-hybridized carbons (Fsp3) is 0.357. The van der Waals surface area contributed by atoms with Gasteiger partial charge in [-0.15, -0.1) is 23.1 Å². The summed E-state index contributed by atoms with van der Waals surface area (Å²) in [4.78, 5) is 38.7. The van der Waals surface area contributed by atoms with E-state index < -0.39 is 18.1 Å². The van der Waals surface area contributed by atoms with Gasteiger partial charge in [-0.25, -0.2) is 0 Å². The quantitative estimate of drug-likeness (QED) is 0.514. The summed E-state index contributed by atoms with van der Waals surface area (Å²) in [5.74, 6) is -1.18. The number of β-lactam (4-membered cyclic amide) rings is 1. The predicted octanol–water partition coefficient (Wildman–Crippen LogP) is -0.973. The number of thiophene rings is 1. The molecule has 7 nitrogen and oxygen atoms in total. The molecule has 2 aliphatic rings. The number of hydrogen-bond donors (Lipinski definition) is 2. The molecule has 24 heavy (non-hydrogen) atoms.